The van der Waals surface area contributed by atoms with Crippen molar-refractivity contribution >= 4 is 28.2 Å². The highest BCUT2D eigenvalue weighted by Gasteiger charge is 2.22. The van der Waals surface area contributed by atoms with Gasteiger partial charge in [0.25, 0.3) is 0 Å². The Labute approximate surface area is 132 Å². The van der Waals surface area contributed by atoms with Crippen molar-refractivity contribution in [3.05, 3.63) is 70.2 Å². The quantitative estimate of drug-likeness (QED) is 0.775. The van der Waals surface area contributed by atoms with Crippen molar-refractivity contribution in [2.75, 3.05) is 0 Å². The van der Waals surface area contributed by atoms with E-state index in [-0.39, 0.29) is 5.78 Å². The molecule has 0 bridgehead atoms. The molecule has 21 heavy (non-hydrogen) atoms. The predicted octanol–water partition coefficient (Wildman–Crippen LogP) is 4.17. The first-order valence-corrected chi connectivity index (χ1v) is 8.46. The van der Waals surface area contributed by atoms with Crippen LogP contribution in [0, 0.1) is 6.92 Å². The third-order valence-corrected chi connectivity index (χ3v) is 5.32. The highest BCUT2D eigenvalue weighted by Crippen LogP contribution is 2.19. The number of benzene rings is 2. The van der Waals surface area contributed by atoms with Gasteiger partial charge in [0.2, 0.25) is 0 Å². The first-order chi connectivity index (χ1) is 9.99. The summed E-state index contributed by atoms with van der Waals surface area (Å²) in [5.74, 6) is 0.193. The van der Waals surface area contributed by atoms with Crippen molar-refractivity contribution in [1.29, 1.82) is 0 Å². The van der Waals surface area contributed by atoms with E-state index in [9.17, 15) is 9.00 Å². The van der Waals surface area contributed by atoms with E-state index in [1.54, 1.807) is 25.1 Å². The predicted molar refractivity (Wildman–Crippen MR) is 88.3 cm³/mol. The van der Waals surface area contributed by atoms with Gasteiger partial charge in [-0.05, 0) is 25.5 Å². The van der Waals surface area contributed by atoms with Crippen LogP contribution in [-0.4, -0.2) is 15.2 Å². The molecule has 0 aliphatic heterocycles. The second kappa shape index (κ2) is 7.01. The van der Waals surface area contributed by atoms with E-state index in [0.29, 0.717) is 16.3 Å². The van der Waals surface area contributed by atoms with Gasteiger partial charge in [0, 0.05) is 21.4 Å². The SMILES string of the molecule is Cc1ccc(C(=O)C(C)S(=O)Cc2ccccc2Cl)cc1. The number of Topliss-reactive ketones (excluding diaryl/α,β-unsaturated/α-hetero) is 1. The first-order valence-electron chi connectivity index (χ1n) is 6.70. The number of carbonyl (C=O) groups excluding carboxylic acids is 1. The van der Waals surface area contributed by atoms with Gasteiger partial charge in [-0.2, -0.15) is 0 Å². The Morgan fingerprint density at radius 2 is 1.76 bits per heavy atom. The molecule has 0 aliphatic rings. The molecular weight excluding hydrogens is 304 g/mol. The minimum atomic E-state index is -1.30. The zero-order chi connectivity index (χ0) is 15.4. The van der Waals surface area contributed by atoms with E-state index in [2.05, 4.69) is 0 Å². The smallest absolute Gasteiger partial charge is 0.178 e. The standard InChI is InChI=1S/C17H17ClO2S/c1-12-7-9-14(10-8-12)17(19)13(2)21(20)11-15-5-3-4-6-16(15)18/h3-10,13H,11H2,1-2H3. The van der Waals surface area contributed by atoms with Gasteiger partial charge in [0.15, 0.2) is 5.78 Å². The third kappa shape index (κ3) is 4.02. The molecule has 2 unspecified atom stereocenters. The Bertz CT molecular complexity index is 665. The van der Waals surface area contributed by atoms with Gasteiger partial charge in [-0.1, -0.05) is 59.6 Å². The van der Waals surface area contributed by atoms with Gasteiger partial charge < -0.3 is 0 Å². The molecular formula is C17H17ClO2S. The second-order valence-corrected chi connectivity index (χ2v) is 7.15. The summed E-state index contributed by atoms with van der Waals surface area (Å²) in [7, 11) is -1.30. The number of ketones is 1. The molecule has 0 saturated heterocycles. The molecule has 0 amide bonds. The molecule has 0 saturated carbocycles. The summed E-state index contributed by atoms with van der Waals surface area (Å²) >= 11 is 6.07. The van der Waals surface area contributed by atoms with E-state index in [1.807, 2.05) is 37.3 Å². The molecule has 0 spiro atoms. The zero-order valence-electron chi connectivity index (χ0n) is 12.0. The Hall–Kier alpha value is -1.45. The fourth-order valence-electron chi connectivity index (χ4n) is 1.97. The molecule has 2 nitrogen and oxygen atoms in total. The van der Waals surface area contributed by atoms with Gasteiger partial charge >= 0.3 is 0 Å². The molecule has 0 aromatic heterocycles. The maximum absolute atomic E-state index is 12.4. The lowest BCUT2D eigenvalue weighted by Crippen LogP contribution is -2.23. The van der Waals surface area contributed by atoms with Crippen LogP contribution in [0.2, 0.25) is 5.02 Å². The van der Waals surface area contributed by atoms with Crippen LogP contribution in [0.15, 0.2) is 48.5 Å². The molecule has 2 aromatic carbocycles. The summed E-state index contributed by atoms with van der Waals surface area (Å²) in [4.78, 5) is 12.3. The minimum Gasteiger partial charge on any atom is -0.293 e. The number of rotatable bonds is 5. The van der Waals surface area contributed by atoms with Crippen molar-refractivity contribution in [2.45, 2.75) is 24.9 Å². The van der Waals surface area contributed by atoms with Crippen LogP contribution in [0.5, 0.6) is 0 Å². The van der Waals surface area contributed by atoms with Gasteiger partial charge in [-0.15, -0.1) is 0 Å². The van der Waals surface area contributed by atoms with E-state index in [4.69, 9.17) is 11.6 Å². The van der Waals surface area contributed by atoms with Crippen LogP contribution in [0.25, 0.3) is 0 Å². The molecule has 0 N–H and O–H groups in total. The van der Waals surface area contributed by atoms with Gasteiger partial charge in [0.05, 0.1) is 11.0 Å². The molecule has 2 rings (SSSR count). The fourth-order valence-corrected chi connectivity index (χ4v) is 3.43. The van der Waals surface area contributed by atoms with Crippen molar-refractivity contribution in [3.8, 4) is 0 Å². The Kier molecular flexibility index (Phi) is 5.32. The minimum absolute atomic E-state index is 0.0969. The summed E-state index contributed by atoms with van der Waals surface area (Å²) in [6.45, 7) is 3.67. The normalized spacial score (nSPS) is 13.7. The number of hydrogen-bond donors (Lipinski definition) is 0. The maximum atomic E-state index is 12.4. The van der Waals surface area contributed by atoms with Crippen LogP contribution in [0.1, 0.15) is 28.4 Å². The highest BCUT2D eigenvalue weighted by atomic mass is 35.5. The number of carbonyl (C=O) groups is 1. The van der Waals surface area contributed by atoms with Crippen molar-refractivity contribution < 1.29 is 9.00 Å². The Balaban J connectivity index is 2.10. The van der Waals surface area contributed by atoms with Crippen molar-refractivity contribution in [1.82, 2.24) is 0 Å². The average Bonchev–Trinajstić information content (AvgIpc) is 2.49. The van der Waals surface area contributed by atoms with Crippen LogP contribution < -0.4 is 0 Å². The molecule has 4 heteroatoms. The lowest BCUT2D eigenvalue weighted by Gasteiger charge is -2.11. The first kappa shape index (κ1) is 15.9. The number of halogens is 1. The maximum Gasteiger partial charge on any atom is 0.178 e. The van der Waals surface area contributed by atoms with Crippen LogP contribution >= 0.6 is 11.6 Å². The highest BCUT2D eigenvalue weighted by molar-refractivity contribution is 7.85. The van der Waals surface area contributed by atoms with Gasteiger partial charge in [-0.25, -0.2) is 0 Å². The summed E-state index contributed by atoms with van der Waals surface area (Å²) in [6, 6.07) is 14.6. The Morgan fingerprint density at radius 1 is 1.14 bits per heavy atom. The lowest BCUT2D eigenvalue weighted by molar-refractivity contribution is 0.0992. The molecule has 0 aliphatic carbocycles. The molecule has 110 valence electrons. The topological polar surface area (TPSA) is 34.1 Å². The van der Waals surface area contributed by atoms with Gasteiger partial charge in [0.1, 0.15) is 0 Å². The number of hydrogen-bond acceptors (Lipinski definition) is 2. The van der Waals surface area contributed by atoms with E-state index in [1.165, 1.54) is 0 Å². The fraction of sp³-hybridized carbons (Fsp3) is 0.235. The van der Waals surface area contributed by atoms with E-state index in [0.717, 1.165) is 11.1 Å². The van der Waals surface area contributed by atoms with Crippen LogP contribution in [0.4, 0.5) is 0 Å². The Morgan fingerprint density at radius 3 is 2.38 bits per heavy atom. The molecule has 2 aromatic rings. The lowest BCUT2D eigenvalue weighted by atomic mass is 10.1. The third-order valence-electron chi connectivity index (χ3n) is 3.36. The summed E-state index contributed by atoms with van der Waals surface area (Å²) in [5, 5.41) is 0.0322. The monoisotopic (exact) mass is 320 g/mol. The molecule has 0 heterocycles. The molecule has 0 radical (unpaired) electrons. The summed E-state index contributed by atoms with van der Waals surface area (Å²) in [6.07, 6.45) is 0. The zero-order valence-corrected chi connectivity index (χ0v) is 13.6. The van der Waals surface area contributed by atoms with Gasteiger partial charge in [-0.3, -0.25) is 9.00 Å². The van der Waals surface area contributed by atoms with E-state index >= 15 is 0 Å². The van der Waals surface area contributed by atoms with Crippen molar-refractivity contribution in [2.24, 2.45) is 0 Å². The molecule has 2 atom stereocenters. The van der Waals surface area contributed by atoms with Crippen molar-refractivity contribution in [3.63, 3.8) is 0 Å². The molecule has 0 fully saturated rings. The second-order valence-electron chi connectivity index (χ2n) is 4.99. The van der Waals surface area contributed by atoms with E-state index < -0.39 is 16.0 Å². The number of aryl methyl sites for hydroxylation is 1. The average molecular weight is 321 g/mol. The summed E-state index contributed by atoms with van der Waals surface area (Å²) < 4.78 is 12.4. The summed E-state index contributed by atoms with van der Waals surface area (Å²) in [5.41, 5.74) is 2.50. The largest absolute Gasteiger partial charge is 0.293 e. The van der Waals surface area contributed by atoms with Crippen LogP contribution in [-0.2, 0) is 16.6 Å². The van der Waals surface area contributed by atoms with Crippen LogP contribution in [0.3, 0.4) is 0 Å².